The van der Waals surface area contributed by atoms with Crippen LogP contribution in [0.4, 0.5) is 14.5 Å². The molecule has 4 aromatic rings. The smallest absolute Gasteiger partial charge is 0.254 e. The Bertz CT molecular complexity index is 1970. The summed E-state index contributed by atoms with van der Waals surface area (Å²) >= 11 is 0. The molecule has 3 heterocycles. The number of halogens is 2. The number of hydrogen-bond donors (Lipinski definition) is 0. The third kappa shape index (κ3) is 7.48. The third-order valence-electron chi connectivity index (χ3n) is 10.1. The molecule has 1 fully saturated rings. The number of nitrogens with zero attached hydrogens (tertiary/aromatic N) is 3. The first-order chi connectivity index (χ1) is 25.6. The number of aryl methyl sites for hydroxylation is 1. The highest BCUT2D eigenvalue weighted by Gasteiger charge is 2.50. The van der Waals surface area contributed by atoms with E-state index in [1.54, 1.807) is 20.8 Å². The fourth-order valence-electron chi connectivity index (χ4n) is 7.50. The molecule has 0 bridgehead atoms. The van der Waals surface area contributed by atoms with Crippen molar-refractivity contribution in [3.63, 3.8) is 0 Å². The van der Waals surface area contributed by atoms with Gasteiger partial charge in [0.15, 0.2) is 11.5 Å². The van der Waals surface area contributed by atoms with Crippen molar-refractivity contribution in [1.29, 1.82) is 0 Å². The van der Waals surface area contributed by atoms with Gasteiger partial charge >= 0.3 is 0 Å². The van der Waals surface area contributed by atoms with Gasteiger partial charge in [-0.05, 0) is 92.3 Å². The zero-order valence-electron chi connectivity index (χ0n) is 30.1. The molecule has 0 saturated carbocycles. The van der Waals surface area contributed by atoms with E-state index in [9.17, 15) is 18.4 Å². The standard InChI is InChI=1S/C42H43F2N3O6/c1-26(2)20-35-42(50)47-34-22-38-37(52-25-53-38)21-33(34)39(36(47)24-51-19-5-4-18-45(35)40(48)29-10-14-31(43)15-11-29)46(23-28-8-6-27(3)7-9-28)41(49)30-12-16-32(44)17-13-30/h6-17,21-22,26,35-36,39H,4-5,18-20,23-25H2,1-3H3/t35?,36-,39+/m1/s1. The number of anilines is 1. The third-order valence-corrected chi connectivity index (χ3v) is 10.1. The van der Waals surface area contributed by atoms with E-state index in [-0.39, 0.29) is 54.7 Å². The summed E-state index contributed by atoms with van der Waals surface area (Å²) in [5.41, 5.74) is 3.69. The Morgan fingerprint density at radius 2 is 1.51 bits per heavy atom. The Morgan fingerprint density at radius 3 is 2.17 bits per heavy atom. The molecule has 53 heavy (non-hydrogen) atoms. The van der Waals surface area contributed by atoms with Crippen LogP contribution < -0.4 is 14.4 Å². The molecule has 11 heteroatoms. The molecule has 1 saturated heterocycles. The van der Waals surface area contributed by atoms with Crippen molar-refractivity contribution in [2.45, 2.75) is 64.7 Å². The summed E-state index contributed by atoms with van der Waals surface area (Å²) in [6, 6.07) is 20.0. The minimum absolute atomic E-state index is 0.000887. The van der Waals surface area contributed by atoms with Gasteiger partial charge in [0, 0.05) is 42.5 Å². The summed E-state index contributed by atoms with van der Waals surface area (Å²) in [6.45, 7) is 6.93. The van der Waals surface area contributed by atoms with Crippen molar-refractivity contribution in [2.75, 3.05) is 31.5 Å². The first-order valence-electron chi connectivity index (χ1n) is 18.1. The van der Waals surface area contributed by atoms with Gasteiger partial charge in [-0.15, -0.1) is 0 Å². The number of hydrogen-bond acceptors (Lipinski definition) is 6. The molecule has 276 valence electrons. The average molecular weight is 724 g/mol. The van der Waals surface area contributed by atoms with E-state index >= 15 is 4.79 Å². The zero-order chi connectivity index (χ0) is 37.2. The Hall–Kier alpha value is -5.29. The van der Waals surface area contributed by atoms with E-state index in [0.29, 0.717) is 55.2 Å². The van der Waals surface area contributed by atoms with Crippen molar-refractivity contribution in [1.82, 2.24) is 9.80 Å². The van der Waals surface area contributed by atoms with Gasteiger partial charge in [-0.25, -0.2) is 8.78 Å². The van der Waals surface area contributed by atoms with E-state index in [1.807, 2.05) is 51.1 Å². The summed E-state index contributed by atoms with van der Waals surface area (Å²) in [7, 11) is 0. The quantitative estimate of drug-likeness (QED) is 0.197. The van der Waals surface area contributed by atoms with Crippen molar-refractivity contribution >= 4 is 23.4 Å². The Morgan fingerprint density at radius 1 is 0.868 bits per heavy atom. The predicted octanol–water partition coefficient (Wildman–Crippen LogP) is 7.47. The lowest BCUT2D eigenvalue weighted by molar-refractivity contribution is -0.124. The van der Waals surface area contributed by atoms with Crippen LogP contribution in [0.3, 0.4) is 0 Å². The minimum Gasteiger partial charge on any atom is -0.454 e. The van der Waals surface area contributed by atoms with E-state index in [2.05, 4.69) is 0 Å². The SMILES string of the molecule is Cc1ccc(CN(C(=O)c2ccc(F)cc2)[C@H]2c3cc4c(cc3N3C(=O)C(CC(C)C)N(C(=O)c5ccc(F)cc5)CCCCOC[C@H]23)OCO4)cc1. The Balaban J connectivity index is 1.38. The second-order valence-corrected chi connectivity index (χ2v) is 14.3. The van der Waals surface area contributed by atoms with E-state index < -0.39 is 29.8 Å². The largest absolute Gasteiger partial charge is 0.454 e. The van der Waals surface area contributed by atoms with Crippen molar-refractivity contribution in [3.05, 3.63) is 124 Å². The molecule has 0 aliphatic carbocycles. The lowest BCUT2D eigenvalue weighted by atomic mass is 9.97. The molecule has 0 N–H and O–H groups in total. The van der Waals surface area contributed by atoms with Gasteiger partial charge < -0.3 is 28.9 Å². The summed E-state index contributed by atoms with van der Waals surface area (Å²) in [5, 5.41) is 0. The number of fused-ring (bicyclic) bond motifs is 4. The molecule has 3 amide bonds. The summed E-state index contributed by atoms with van der Waals surface area (Å²) < 4.78 is 46.0. The highest BCUT2D eigenvalue weighted by molar-refractivity contribution is 6.05. The van der Waals surface area contributed by atoms with Crippen LogP contribution in [0, 0.1) is 24.5 Å². The maximum atomic E-state index is 15.4. The lowest BCUT2D eigenvalue weighted by Gasteiger charge is -2.39. The molecule has 3 aliphatic rings. The van der Waals surface area contributed by atoms with Crippen LogP contribution in [0.2, 0.25) is 0 Å². The van der Waals surface area contributed by atoms with Crippen LogP contribution in [0.1, 0.15) is 76.6 Å². The van der Waals surface area contributed by atoms with E-state index in [0.717, 1.165) is 11.1 Å². The normalized spacial score (nSPS) is 19.8. The summed E-state index contributed by atoms with van der Waals surface area (Å²) in [6.07, 6.45) is 1.57. The highest BCUT2D eigenvalue weighted by atomic mass is 19.1. The zero-order valence-corrected chi connectivity index (χ0v) is 30.1. The van der Waals surface area contributed by atoms with E-state index in [4.69, 9.17) is 14.2 Å². The molecule has 3 atom stereocenters. The van der Waals surface area contributed by atoms with Crippen LogP contribution in [0.5, 0.6) is 11.5 Å². The van der Waals surface area contributed by atoms with Crippen molar-refractivity contribution in [3.8, 4) is 11.5 Å². The number of ether oxygens (including phenoxy) is 3. The lowest BCUT2D eigenvalue weighted by Crippen LogP contribution is -2.56. The van der Waals surface area contributed by atoms with E-state index in [1.165, 1.54) is 48.5 Å². The van der Waals surface area contributed by atoms with Gasteiger partial charge in [0.25, 0.3) is 11.8 Å². The molecule has 3 aliphatic heterocycles. The van der Waals surface area contributed by atoms with Crippen LogP contribution in [-0.2, 0) is 16.1 Å². The van der Waals surface area contributed by atoms with Gasteiger partial charge in [-0.2, -0.15) is 0 Å². The highest BCUT2D eigenvalue weighted by Crippen LogP contribution is 2.50. The van der Waals surface area contributed by atoms with Crippen molar-refractivity contribution in [2.24, 2.45) is 5.92 Å². The van der Waals surface area contributed by atoms with Gasteiger partial charge in [-0.1, -0.05) is 43.7 Å². The van der Waals surface area contributed by atoms with Gasteiger partial charge in [0.05, 0.1) is 24.4 Å². The first-order valence-corrected chi connectivity index (χ1v) is 18.1. The molecule has 9 nitrogen and oxygen atoms in total. The number of carbonyl (C=O) groups excluding carboxylic acids is 3. The second-order valence-electron chi connectivity index (χ2n) is 14.3. The molecule has 1 unspecified atom stereocenters. The number of rotatable bonds is 7. The van der Waals surface area contributed by atoms with Crippen LogP contribution in [-0.4, -0.2) is 66.2 Å². The molecule has 4 aromatic carbocycles. The molecule has 0 aromatic heterocycles. The van der Waals surface area contributed by atoms with Crippen molar-refractivity contribution < 1.29 is 37.4 Å². The maximum absolute atomic E-state index is 15.4. The Labute approximate surface area is 308 Å². The number of carbonyl (C=O) groups is 3. The monoisotopic (exact) mass is 723 g/mol. The van der Waals surface area contributed by atoms with Gasteiger partial charge in [0.2, 0.25) is 12.7 Å². The average Bonchev–Trinajstić information content (AvgIpc) is 3.73. The minimum atomic E-state index is -0.886. The van der Waals surface area contributed by atoms with Crippen LogP contribution in [0.15, 0.2) is 84.9 Å². The topological polar surface area (TPSA) is 88.6 Å². The fourth-order valence-corrected chi connectivity index (χ4v) is 7.50. The number of benzene rings is 4. The van der Waals surface area contributed by atoms with Crippen LogP contribution in [0.25, 0.3) is 0 Å². The molecular weight excluding hydrogens is 680 g/mol. The fraction of sp³-hybridized carbons (Fsp3) is 0.357. The molecule has 0 radical (unpaired) electrons. The summed E-state index contributed by atoms with van der Waals surface area (Å²) in [5.74, 6) is -0.991. The maximum Gasteiger partial charge on any atom is 0.254 e. The molecule has 0 spiro atoms. The number of amides is 3. The van der Waals surface area contributed by atoms with Gasteiger partial charge in [-0.3, -0.25) is 14.4 Å². The second kappa shape index (κ2) is 15.4. The van der Waals surface area contributed by atoms with Gasteiger partial charge in [0.1, 0.15) is 17.7 Å². The molecule has 7 rings (SSSR count). The van der Waals surface area contributed by atoms with Crippen LogP contribution >= 0.6 is 0 Å². The summed E-state index contributed by atoms with van der Waals surface area (Å²) in [4.78, 5) is 49.4. The molecular formula is C42H43F2N3O6. The first kappa shape index (κ1) is 36.1. The Kier molecular flexibility index (Phi) is 10.5. The predicted molar refractivity (Wildman–Crippen MR) is 195 cm³/mol.